The molecule has 1 aliphatic rings. The van der Waals surface area contributed by atoms with Gasteiger partial charge < -0.3 is 14.8 Å². The Morgan fingerprint density at radius 1 is 0.943 bits per heavy atom. The molecule has 0 atom stereocenters. The molecule has 2 aromatic heterocycles. The SMILES string of the molecule is Cn1nc2c(c1Cl)COc1cc3ncnc(Nc4ccc(Cl)c(Cl)c4)c3cc1Oc1cccc-2c1. The molecular weight excluding hydrogens is 509 g/mol. The second kappa shape index (κ2) is 8.61. The van der Waals surface area contributed by atoms with Crippen molar-refractivity contribution < 1.29 is 9.47 Å². The predicted octanol–water partition coefficient (Wildman–Crippen LogP) is 7.42. The molecule has 0 fully saturated rings. The number of rotatable bonds is 2. The number of aryl methyl sites for hydroxylation is 1. The largest absolute Gasteiger partial charge is 0.485 e. The monoisotopic (exact) mass is 523 g/mol. The lowest BCUT2D eigenvalue weighted by molar-refractivity contribution is 0.292. The summed E-state index contributed by atoms with van der Waals surface area (Å²) < 4.78 is 14.1. The van der Waals surface area contributed by atoms with Crippen LogP contribution in [0.25, 0.3) is 22.2 Å². The van der Waals surface area contributed by atoms with Gasteiger partial charge in [-0.25, -0.2) is 9.97 Å². The molecule has 0 radical (unpaired) electrons. The number of benzene rings is 3. The molecule has 0 saturated carbocycles. The van der Waals surface area contributed by atoms with Gasteiger partial charge in [0.05, 0.1) is 21.1 Å². The normalized spacial score (nSPS) is 12.3. The fraction of sp³-hybridized carbons (Fsp3) is 0.0800. The van der Waals surface area contributed by atoms with Crippen molar-refractivity contribution in [2.45, 2.75) is 6.61 Å². The number of hydrogen-bond donors (Lipinski definition) is 1. The van der Waals surface area contributed by atoms with Gasteiger partial charge in [-0.05, 0) is 36.4 Å². The van der Waals surface area contributed by atoms with E-state index < -0.39 is 0 Å². The van der Waals surface area contributed by atoms with Crippen LogP contribution in [0, 0.1) is 0 Å². The highest BCUT2D eigenvalue weighted by molar-refractivity contribution is 6.42. The van der Waals surface area contributed by atoms with Gasteiger partial charge in [0.2, 0.25) is 0 Å². The van der Waals surface area contributed by atoms with Crippen molar-refractivity contribution in [3.8, 4) is 28.5 Å². The zero-order valence-electron chi connectivity index (χ0n) is 18.2. The van der Waals surface area contributed by atoms with Gasteiger partial charge in [-0.15, -0.1) is 0 Å². The van der Waals surface area contributed by atoms with Gasteiger partial charge in [0.25, 0.3) is 0 Å². The minimum Gasteiger partial charge on any atom is -0.485 e. The van der Waals surface area contributed by atoms with Crippen molar-refractivity contribution in [1.82, 2.24) is 19.7 Å². The van der Waals surface area contributed by atoms with Crippen molar-refractivity contribution >= 4 is 57.2 Å². The highest BCUT2D eigenvalue weighted by Gasteiger charge is 2.21. The Hall–Kier alpha value is -3.52. The van der Waals surface area contributed by atoms with Crippen molar-refractivity contribution in [2.75, 3.05) is 5.32 Å². The minimum atomic E-state index is 0.216. The van der Waals surface area contributed by atoms with Gasteiger partial charge >= 0.3 is 0 Å². The van der Waals surface area contributed by atoms with Gasteiger partial charge in [-0.2, -0.15) is 5.10 Å². The van der Waals surface area contributed by atoms with E-state index in [4.69, 9.17) is 44.3 Å². The highest BCUT2D eigenvalue weighted by atomic mass is 35.5. The average Bonchev–Trinajstić information content (AvgIpc) is 3.14. The smallest absolute Gasteiger partial charge is 0.170 e. The van der Waals surface area contributed by atoms with E-state index in [9.17, 15) is 0 Å². The molecule has 5 aromatic rings. The first-order chi connectivity index (χ1) is 17.0. The van der Waals surface area contributed by atoms with Crippen molar-refractivity contribution in [3.05, 3.63) is 81.7 Å². The first-order valence-electron chi connectivity index (χ1n) is 10.6. The molecule has 0 unspecified atom stereocenters. The molecule has 6 rings (SSSR count). The molecule has 3 heterocycles. The fourth-order valence-corrected chi connectivity index (χ4v) is 4.44. The lowest BCUT2D eigenvalue weighted by atomic mass is 10.1. The van der Waals surface area contributed by atoms with Crippen molar-refractivity contribution in [3.63, 3.8) is 0 Å². The van der Waals surface area contributed by atoms with Crippen LogP contribution in [0.5, 0.6) is 17.2 Å². The zero-order valence-corrected chi connectivity index (χ0v) is 20.5. The third-order valence-electron chi connectivity index (χ3n) is 5.66. The zero-order chi connectivity index (χ0) is 24.1. The molecule has 35 heavy (non-hydrogen) atoms. The van der Waals surface area contributed by atoms with E-state index in [-0.39, 0.29) is 6.61 Å². The summed E-state index contributed by atoms with van der Waals surface area (Å²) in [7, 11) is 1.80. The van der Waals surface area contributed by atoms with Gasteiger partial charge in [0.1, 0.15) is 35.3 Å². The number of halogens is 3. The Labute approximate surface area is 215 Å². The summed E-state index contributed by atoms with van der Waals surface area (Å²) >= 11 is 18.8. The van der Waals surface area contributed by atoms with E-state index in [0.717, 1.165) is 27.9 Å². The lowest BCUT2D eigenvalue weighted by Gasteiger charge is -2.17. The molecule has 174 valence electrons. The second-order valence-electron chi connectivity index (χ2n) is 7.95. The van der Waals surface area contributed by atoms with Gasteiger partial charge in [0, 0.05) is 29.8 Å². The van der Waals surface area contributed by atoms with Gasteiger partial charge in [-0.3, -0.25) is 4.68 Å². The molecule has 0 aliphatic carbocycles. The van der Waals surface area contributed by atoms with Crippen LogP contribution < -0.4 is 14.8 Å². The number of nitrogens with zero attached hydrogens (tertiary/aromatic N) is 4. The third kappa shape index (κ3) is 4.01. The Morgan fingerprint density at radius 2 is 1.83 bits per heavy atom. The summed E-state index contributed by atoms with van der Waals surface area (Å²) in [5.41, 5.74) is 3.85. The molecule has 0 spiro atoms. The number of hydrogen-bond acceptors (Lipinski definition) is 6. The molecule has 0 saturated heterocycles. The summed E-state index contributed by atoms with van der Waals surface area (Å²) in [6.45, 7) is 0.216. The molecule has 10 heteroatoms. The van der Waals surface area contributed by atoms with Crippen LogP contribution in [-0.2, 0) is 13.7 Å². The first kappa shape index (κ1) is 22.0. The molecular formula is C25H16Cl3N5O2. The standard InChI is InChI=1S/C25H16Cl3N5O2/c1-33-24(28)17-11-34-21-10-20-16(9-22(21)35-15-4-2-3-13(7-15)23(17)32-33)25(30-12-29-20)31-14-5-6-18(26)19(27)8-14/h2-10,12H,11H2,1H3,(H,29,30,31). The maximum Gasteiger partial charge on any atom is 0.170 e. The summed E-state index contributed by atoms with van der Waals surface area (Å²) in [5.74, 6) is 2.26. The van der Waals surface area contributed by atoms with Gasteiger partial charge in [0.15, 0.2) is 11.5 Å². The van der Waals surface area contributed by atoms with Crippen molar-refractivity contribution in [1.29, 1.82) is 0 Å². The van der Waals surface area contributed by atoms with Crippen LogP contribution in [0.1, 0.15) is 5.56 Å². The molecule has 1 N–H and O–H groups in total. The van der Waals surface area contributed by atoms with Crippen LogP contribution in [0.3, 0.4) is 0 Å². The Kier molecular flexibility index (Phi) is 5.40. The topological polar surface area (TPSA) is 74.1 Å². The van der Waals surface area contributed by atoms with E-state index >= 15 is 0 Å². The van der Waals surface area contributed by atoms with Crippen LogP contribution in [0.4, 0.5) is 11.5 Å². The summed E-state index contributed by atoms with van der Waals surface area (Å²) in [6, 6.07) is 16.6. The molecule has 2 bridgehead atoms. The summed E-state index contributed by atoms with van der Waals surface area (Å²) in [4.78, 5) is 8.86. The van der Waals surface area contributed by atoms with E-state index in [1.165, 1.54) is 6.33 Å². The second-order valence-corrected chi connectivity index (χ2v) is 9.12. The lowest BCUT2D eigenvalue weighted by Crippen LogP contribution is -2.02. The van der Waals surface area contributed by atoms with Gasteiger partial charge in [-0.1, -0.05) is 46.9 Å². The Morgan fingerprint density at radius 3 is 2.69 bits per heavy atom. The third-order valence-corrected chi connectivity index (χ3v) is 6.87. The molecule has 7 nitrogen and oxygen atoms in total. The van der Waals surface area contributed by atoms with E-state index in [2.05, 4.69) is 20.4 Å². The van der Waals surface area contributed by atoms with E-state index in [1.807, 2.05) is 42.5 Å². The minimum absolute atomic E-state index is 0.216. The predicted molar refractivity (Wildman–Crippen MR) is 137 cm³/mol. The fourth-order valence-electron chi connectivity index (χ4n) is 3.96. The van der Waals surface area contributed by atoms with Crippen LogP contribution in [-0.4, -0.2) is 19.7 Å². The average molecular weight is 525 g/mol. The number of fused-ring (bicyclic) bond motifs is 6. The van der Waals surface area contributed by atoms with E-state index in [0.29, 0.717) is 43.8 Å². The maximum atomic E-state index is 6.54. The number of ether oxygens (including phenoxy) is 2. The number of anilines is 2. The quantitative estimate of drug-likeness (QED) is 0.259. The van der Waals surface area contributed by atoms with Crippen LogP contribution >= 0.6 is 34.8 Å². The summed E-state index contributed by atoms with van der Waals surface area (Å²) in [6.07, 6.45) is 1.48. The first-order valence-corrected chi connectivity index (χ1v) is 11.7. The van der Waals surface area contributed by atoms with Crippen molar-refractivity contribution in [2.24, 2.45) is 7.05 Å². The Balaban J connectivity index is 1.47. The highest BCUT2D eigenvalue weighted by Crippen LogP contribution is 2.41. The van der Waals surface area contributed by atoms with Crippen LogP contribution in [0.15, 0.2) is 60.9 Å². The number of aromatic nitrogens is 4. The van der Waals surface area contributed by atoms with Crippen LogP contribution in [0.2, 0.25) is 15.2 Å². The summed E-state index contributed by atoms with van der Waals surface area (Å²) in [5, 5.41) is 10.0. The molecule has 0 amide bonds. The molecule has 3 aromatic carbocycles. The van der Waals surface area contributed by atoms with E-state index in [1.54, 1.807) is 23.9 Å². The Bertz CT molecular complexity index is 1620. The maximum absolute atomic E-state index is 6.54. The molecule has 1 aliphatic heterocycles. The number of nitrogens with one attached hydrogen (secondary N) is 1.